The van der Waals surface area contributed by atoms with Crippen molar-refractivity contribution in [2.45, 2.75) is 37.5 Å². The third-order valence-corrected chi connectivity index (χ3v) is 5.66. The first-order valence-corrected chi connectivity index (χ1v) is 9.43. The number of nitrogens with one attached hydrogen (secondary N) is 2. The summed E-state index contributed by atoms with van der Waals surface area (Å²) in [6.07, 6.45) is 3.50. The predicted molar refractivity (Wildman–Crippen MR) is 100 cm³/mol. The second-order valence-electron chi connectivity index (χ2n) is 7.45. The summed E-state index contributed by atoms with van der Waals surface area (Å²) in [6, 6.07) is 5.01. The third kappa shape index (κ3) is 3.54. The molecule has 1 aliphatic carbocycles. The van der Waals surface area contributed by atoms with Gasteiger partial charge < -0.3 is 20.3 Å². The van der Waals surface area contributed by atoms with Gasteiger partial charge in [0, 0.05) is 31.7 Å². The maximum Gasteiger partial charge on any atom is 0.251 e. The minimum atomic E-state index is -0.688. The number of amides is 2. The van der Waals surface area contributed by atoms with Crippen molar-refractivity contribution in [3.8, 4) is 0 Å². The van der Waals surface area contributed by atoms with Crippen LogP contribution in [0.1, 0.15) is 29.6 Å². The first-order chi connectivity index (χ1) is 13.0. The number of aryl methyl sites for hydroxylation is 1. The fourth-order valence-electron chi connectivity index (χ4n) is 4.18. The number of carbonyl (C=O) groups excluding carboxylic acids is 2. The number of hydrogen-bond acceptors (Lipinski definition) is 5. The molecule has 0 spiro atoms. The van der Waals surface area contributed by atoms with Crippen molar-refractivity contribution in [2.75, 3.05) is 19.6 Å². The summed E-state index contributed by atoms with van der Waals surface area (Å²) in [5.41, 5.74) is 2.27. The van der Waals surface area contributed by atoms with Crippen molar-refractivity contribution in [2.24, 2.45) is 7.05 Å². The molecule has 2 heterocycles. The smallest absolute Gasteiger partial charge is 0.251 e. The summed E-state index contributed by atoms with van der Waals surface area (Å²) in [7, 11) is 1.91. The van der Waals surface area contributed by atoms with Gasteiger partial charge >= 0.3 is 0 Å². The van der Waals surface area contributed by atoms with E-state index >= 15 is 0 Å². The fraction of sp³-hybridized carbons (Fsp3) is 0.526. The molecule has 27 heavy (non-hydrogen) atoms. The lowest BCUT2D eigenvalue weighted by molar-refractivity contribution is -0.126. The van der Waals surface area contributed by atoms with Crippen molar-refractivity contribution in [1.82, 2.24) is 25.1 Å². The van der Waals surface area contributed by atoms with E-state index in [2.05, 4.69) is 15.6 Å². The summed E-state index contributed by atoms with van der Waals surface area (Å²) < 4.78 is 1.90. The van der Waals surface area contributed by atoms with Gasteiger partial charge in [0.05, 0.1) is 36.1 Å². The highest BCUT2D eigenvalue weighted by Gasteiger charge is 2.37. The van der Waals surface area contributed by atoms with E-state index in [0.29, 0.717) is 18.7 Å². The van der Waals surface area contributed by atoms with Crippen LogP contribution in [0.4, 0.5) is 0 Å². The monoisotopic (exact) mass is 371 g/mol. The zero-order chi connectivity index (χ0) is 19.0. The average Bonchev–Trinajstić information content (AvgIpc) is 3.04. The average molecular weight is 371 g/mol. The highest BCUT2D eigenvalue weighted by molar-refractivity contribution is 5.97. The van der Waals surface area contributed by atoms with E-state index in [0.717, 1.165) is 36.8 Å². The molecule has 8 nitrogen and oxygen atoms in total. The number of aliphatic hydroxyl groups excluding tert-OH is 1. The van der Waals surface area contributed by atoms with Gasteiger partial charge in [-0.15, -0.1) is 0 Å². The number of aliphatic hydroxyl groups is 1. The van der Waals surface area contributed by atoms with Crippen LogP contribution < -0.4 is 10.6 Å². The molecule has 2 amide bonds. The van der Waals surface area contributed by atoms with Crippen molar-refractivity contribution in [1.29, 1.82) is 0 Å². The lowest BCUT2D eigenvalue weighted by Gasteiger charge is -2.42. The minimum absolute atomic E-state index is 0.0109. The summed E-state index contributed by atoms with van der Waals surface area (Å²) in [5, 5.41) is 16.6. The number of hydrogen-bond donors (Lipinski definition) is 3. The highest BCUT2D eigenvalue weighted by atomic mass is 16.3. The Balaban J connectivity index is 1.45. The van der Waals surface area contributed by atoms with Crippen molar-refractivity contribution < 1.29 is 14.7 Å². The van der Waals surface area contributed by atoms with E-state index in [4.69, 9.17) is 0 Å². The molecule has 0 radical (unpaired) electrons. The van der Waals surface area contributed by atoms with E-state index < -0.39 is 6.10 Å². The summed E-state index contributed by atoms with van der Waals surface area (Å²) in [5.74, 6) is -0.216. The molecule has 0 unspecified atom stereocenters. The van der Waals surface area contributed by atoms with Crippen LogP contribution in [0.15, 0.2) is 24.5 Å². The van der Waals surface area contributed by atoms with E-state index in [-0.39, 0.29) is 23.9 Å². The Morgan fingerprint density at radius 2 is 2.22 bits per heavy atom. The van der Waals surface area contributed by atoms with Crippen molar-refractivity contribution in [3.05, 3.63) is 30.1 Å². The molecule has 8 heteroatoms. The van der Waals surface area contributed by atoms with Crippen LogP contribution in [0.5, 0.6) is 0 Å². The number of carbonyl (C=O) groups is 2. The Bertz CT molecular complexity index is 864. The van der Waals surface area contributed by atoms with E-state index in [9.17, 15) is 14.7 Å². The van der Waals surface area contributed by atoms with E-state index in [1.54, 1.807) is 18.5 Å². The summed E-state index contributed by atoms with van der Waals surface area (Å²) in [4.78, 5) is 30.7. The van der Waals surface area contributed by atoms with Gasteiger partial charge in [0.1, 0.15) is 0 Å². The third-order valence-electron chi connectivity index (χ3n) is 5.66. The SMILES string of the molecule is Cn1cnc2cc(C(=O)N[C@@H]3CCC[C@@H](N4CCNC(=O)C4)[C@@H]3O)ccc21. The number of nitrogens with zero attached hydrogens (tertiary/aromatic N) is 3. The van der Waals surface area contributed by atoms with E-state index in [1.165, 1.54) is 0 Å². The van der Waals surface area contributed by atoms with Gasteiger partial charge in [-0.3, -0.25) is 14.5 Å². The first kappa shape index (κ1) is 17.9. The summed E-state index contributed by atoms with van der Waals surface area (Å²) >= 11 is 0. The van der Waals surface area contributed by atoms with Crippen LogP contribution in [0, 0.1) is 0 Å². The molecular weight excluding hydrogens is 346 g/mol. The Morgan fingerprint density at radius 1 is 1.37 bits per heavy atom. The Hall–Kier alpha value is -2.45. The van der Waals surface area contributed by atoms with Gasteiger partial charge in [-0.25, -0.2) is 4.98 Å². The Labute approximate surface area is 157 Å². The molecule has 1 aliphatic heterocycles. The molecule has 2 aliphatic rings. The van der Waals surface area contributed by atoms with Gasteiger partial charge in [0.25, 0.3) is 5.91 Å². The molecule has 1 aromatic carbocycles. The molecular formula is C19H25N5O3. The van der Waals surface area contributed by atoms with Gasteiger partial charge in [0.15, 0.2) is 0 Å². The van der Waals surface area contributed by atoms with E-state index in [1.807, 2.05) is 22.6 Å². The van der Waals surface area contributed by atoms with Crippen LogP contribution in [0.3, 0.4) is 0 Å². The molecule has 3 N–H and O–H groups in total. The van der Waals surface area contributed by atoms with Crippen LogP contribution in [-0.4, -0.2) is 69.2 Å². The second kappa shape index (κ2) is 7.28. The van der Waals surface area contributed by atoms with Gasteiger partial charge in [-0.1, -0.05) is 0 Å². The predicted octanol–water partition coefficient (Wildman–Crippen LogP) is 0.0169. The lowest BCUT2D eigenvalue weighted by Crippen LogP contribution is -2.60. The Kier molecular flexibility index (Phi) is 4.84. The number of piperazine rings is 1. The number of imidazole rings is 1. The zero-order valence-corrected chi connectivity index (χ0v) is 15.4. The molecule has 1 saturated heterocycles. The van der Waals surface area contributed by atoms with Crippen LogP contribution in [0.25, 0.3) is 11.0 Å². The Morgan fingerprint density at radius 3 is 3.04 bits per heavy atom. The van der Waals surface area contributed by atoms with Crippen LogP contribution in [0.2, 0.25) is 0 Å². The fourth-order valence-corrected chi connectivity index (χ4v) is 4.18. The quantitative estimate of drug-likeness (QED) is 0.706. The van der Waals surface area contributed by atoms with Crippen LogP contribution in [-0.2, 0) is 11.8 Å². The number of fused-ring (bicyclic) bond motifs is 1. The molecule has 144 valence electrons. The maximum atomic E-state index is 12.7. The standard InChI is InChI=1S/C19H25N5O3/c1-23-11-21-14-9-12(5-6-15(14)23)19(27)22-13-3-2-4-16(18(13)26)24-8-7-20-17(25)10-24/h5-6,9,11,13,16,18,26H,2-4,7-8,10H2,1H3,(H,20,25)(H,22,27)/t13-,16-,18-/m1/s1. The highest BCUT2D eigenvalue weighted by Crippen LogP contribution is 2.25. The van der Waals surface area contributed by atoms with Gasteiger partial charge in [0.2, 0.25) is 5.91 Å². The second-order valence-corrected chi connectivity index (χ2v) is 7.45. The van der Waals surface area contributed by atoms with Crippen molar-refractivity contribution in [3.63, 3.8) is 0 Å². The largest absolute Gasteiger partial charge is 0.389 e. The van der Waals surface area contributed by atoms with Gasteiger partial charge in [-0.05, 0) is 37.5 Å². The normalized spacial score (nSPS) is 26.7. The molecule has 2 aromatic rings. The number of rotatable bonds is 3. The molecule has 0 bridgehead atoms. The van der Waals surface area contributed by atoms with Crippen molar-refractivity contribution >= 4 is 22.8 Å². The topological polar surface area (TPSA) is 99.5 Å². The minimum Gasteiger partial charge on any atom is -0.389 e. The molecule has 4 rings (SSSR count). The van der Waals surface area contributed by atoms with Gasteiger partial charge in [-0.2, -0.15) is 0 Å². The zero-order valence-electron chi connectivity index (χ0n) is 15.4. The maximum absolute atomic E-state index is 12.7. The molecule has 3 atom stereocenters. The van der Waals surface area contributed by atoms with Crippen LogP contribution >= 0.6 is 0 Å². The molecule has 2 fully saturated rings. The first-order valence-electron chi connectivity index (χ1n) is 9.43. The number of aromatic nitrogens is 2. The molecule has 1 saturated carbocycles. The lowest BCUT2D eigenvalue weighted by atomic mass is 9.86. The molecule has 1 aromatic heterocycles. The number of benzene rings is 1. The summed E-state index contributed by atoms with van der Waals surface area (Å²) in [6.45, 7) is 1.63.